The molecule has 0 saturated heterocycles. The van der Waals surface area contributed by atoms with Crippen molar-refractivity contribution in [3.63, 3.8) is 0 Å². The summed E-state index contributed by atoms with van der Waals surface area (Å²) >= 11 is 6.09. The maximum Gasteiger partial charge on any atom is 0.315 e. The zero-order valence-electron chi connectivity index (χ0n) is 12.9. The summed E-state index contributed by atoms with van der Waals surface area (Å²) in [5, 5.41) is 6.60. The first-order valence-electron chi connectivity index (χ1n) is 7.57. The third-order valence-electron chi connectivity index (χ3n) is 4.14. The van der Waals surface area contributed by atoms with Gasteiger partial charge < -0.3 is 15.4 Å². The first kappa shape index (κ1) is 15.7. The summed E-state index contributed by atoms with van der Waals surface area (Å²) in [6.07, 6.45) is 1.89. The molecule has 1 aliphatic carbocycles. The van der Waals surface area contributed by atoms with Crippen LogP contribution in [0.2, 0.25) is 5.02 Å². The summed E-state index contributed by atoms with van der Waals surface area (Å²) in [4.78, 5) is 12.2. The summed E-state index contributed by atoms with van der Waals surface area (Å²) in [6.45, 7) is 0.407. The molecule has 1 fully saturated rings. The molecular formula is C18H19ClN2O2. The Morgan fingerprint density at radius 3 is 2.48 bits per heavy atom. The lowest BCUT2D eigenvalue weighted by molar-refractivity contribution is 0.235. The second-order valence-corrected chi connectivity index (χ2v) is 6.12. The standard InChI is InChI=1S/C18H19ClN2O2/c1-23-15-8-6-14(7-9-15)18(10-11-18)21-17(22)20-12-13-4-2-3-5-16(13)19/h2-9H,10-12H2,1H3,(H2,20,21,22). The molecule has 5 heteroatoms. The van der Waals surface area contributed by atoms with Gasteiger partial charge in [-0.2, -0.15) is 0 Å². The molecule has 0 unspecified atom stereocenters. The maximum atomic E-state index is 12.2. The first-order chi connectivity index (χ1) is 11.1. The lowest BCUT2D eigenvalue weighted by Crippen LogP contribution is -2.41. The van der Waals surface area contributed by atoms with Crippen LogP contribution < -0.4 is 15.4 Å². The van der Waals surface area contributed by atoms with Crippen molar-refractivity contribution in [2.24, 2.45) is 0 Å². The Hall–Kier alpha value is -2.20. The number of ether oxygens (including phenoxy) is 1. The summed E-state index contributed by atoms with van der Waals surface area (Å²) < 4.78 is 5.17. The van der Waals surface area contributed by atoms with Crippen molar-refractivity contribution in [2.75, 3.05) is 7.11 Å². The molecule has 0 radical (unpaired) electrons. The second kappa shape index (κ2) is 6.50. The summed E-state index contributed by atoms with van der Waals surface area (Å²) in [7, 11) is 1.64. The van der Waals surface area contributed by atoms with Gasteiger partial charge in [0.1, 0.15) is 5.75 Å². The Morgan fingerprint density at radius 2 is 1.87 bits per heavy atom. The van der Waals surface area contributed by atoms with Gasteiger partial charge in [0, 0.05) is 11.6 Å². The molecule has 1 saturated carbocycles. The predicted molar refractivity (Wildman–Crippen MR) is 90.7 cm³/mol. The SMILES string of the molecule is COc1ccc(C2(NC(=O)NCc3ccccc3Cl)CC2)cc1. The molecule has 3 rings (SSSR count). The van der Waals surface area contributed by atoms with Crippen molar-refractivity contribution in [1.82, 2.24) is 10.6 Å². The fraction of sp³-hybridized carbons (Fsp3) is 0.278. The van der Waals surface area contributed by atoms with Crippen LogP contribution in [-0.2, 0) is 12.1 Å². The Balaban J connectivity index is 1.60. The molecule has 1 aliphatic rings. The minimum absolute atomic E-state index is 0.182. The van der Waals surface area contributed by atoms with Crippen LogP contribution in [0.1, 0.15) is 24.0 Å². The number of nitrogens with one attached hydrogen (secondary N) is 2. The van der Waals surface area contributed by atoms with E-state index in [1.54, 1.807) is 7.11 Å². The molecule has 0 bridgehead atoms. The van der Waals surface area contributed by atoms with Gasteiger partial charge in [-0.3, -0.25) is 0 Å². The fourth-order valence-electron chi connectivity index (χ4n) is 2.60. The average molecular weight is 331 g/mol. The molecule has 0 spiro atoms. The topological polar surface area (TPSA) is 50.4 Å². The molecule has 0 aliphatic heterocycles. The van der Waals surface area contributed by atoms with Crippen molar-refractivity contribution in [1.29, 1.82) is 0 Å². The third kappa shape index (κ3) is 3.59. The highest BCUT2D eigenvalue weighted by atomic mass is 35.5. The van der Waals surface area contributed by atoms with E-state index in [0.717, 1.165) is 29.7 Å². The quantitative estimate of drug-likeness (QED) is 0.875. The number of hydrogen-bond acceptors (Lipinski definition) is 2. The monoisotopic (exact) mass is 330 g/mol. The van der Waals surface area contributed by atoms with Gasteiger partial charge in [-0.25, -0.2) is 4.79 Å². The Morgan fingerprint density at radius 1 is 1.17 bits per heavy atom. The van der Waals surface area contributed by atoms with E-state index in [2.05, 4.69) is 10.6 Å². The molecule has 2 amide bonds. The smallest absolute Gasteiger partial charge is 0.315 e. The molecular weight excluding hydrogens is 312 g/mol. The number of carbonyl (C=O) groups excluding carboxylic acids is 1. The number of halogens is 1. The minimum Gasteiger partial charge on any atom is -0.497 e. The second-order valence-electron chi connectivity index (χ2n) is 5.71. The van der Waals surface area contributed by atoms with E-state index < -0.39 is 0 Å². The van der Waals surface area contributed by atoms with Crippen molar-refractivity contribution < 1.29 is 9.53 Å². The van der Waals surface area contributed by atoms with Crippen LogP contribution in [0.25, 0.3) is 0 Å². The highest BCUT2D eigenvalue weighted by Crippen LogP contribution is 2.45. The Bertz CT molecular complexity index is 696. The van der Waals surface area contributed by atoms with E-state index in [0.29, 0.717) is 11.6 Å². The van der Waals surface area contributed by atoms with Crippen LogP contribution in [-0.4, -0.2) is 13.1 Å². The van der Waals surface area contributed by atoms with Gasteiger partial charge in [-0.15, -0.1) is 0 Å². The lowest BCUT2D eigenvalue weighted by Gasteiger charge is -2.19. The van der Waals surface area contributed by atoms with Crippen LogP contribution in [0, 0.1) is 0 Å². The van der Waals surface area contributed by atoms with E-state index in [9.17, 15) is 4.79 Å². The van der Waals surface area contributed by atoms with Crippen LogP contribution >= 0.6 is 11.6 Å². The first-order valence-corrected chi connectivity index (χ1v) is 7.95. The van der Waals surface area contributed by atoms with E-state index >= 15 is 0 Å². The largest absolute Gasteiger partial charge is 0.497 e. The van der Waals surface area contributed by atoms with Gasteiger partial charge in [0.25, 0.3) is 0 Å². The highest BCUT2D eigenvalue weighted by Gasteiger charge is 2.45. The fourth-order valence-corrected chi connectivity index (χ4v) is 2.80. The molecule has 0 atom stereocenters. The number of carbonyl (C=O) groups is 1. The minimum atomic E-state index is -0.253. The normalized spacial score (nSPS) is 14.9. The van der Waals surface area contributed by atoms with Crippen molar-refractivity contribution in [3.05, 3.63) is 64.7 Å². The highest BCUT2D eigenvalue weighted by molar-refractivity contribution is 6.31. The predicted octanol–water partition coefficient (Wildman–Crippen LogP) is 3.84. The van der Waals surface area contributed by atoms with Gasteiger partial charge in [-0.05, 0) is 42.2 Å². The molecule has 2 aromatic carbocycles. The Kier molecular flexibility index (Phi) is 4.44. The van der Waals surface area contributed by atoms with Crippen LogP contribution in [0.4, 0.5) is 4.79 Å². The maximum absolute atomic E-state index is 12.2. The van der Waals surface area contributed by atoms with Crippen LogP contribution in [0.15, 0.2) is 48.5 Å². The summed E-state index contributed by atoms with van der Waals surface area (Å²) in [6, 6.07) is 15.1. The van der Waals surface area contributed by atoms with Gasteiger partial charge >= 0.3 is 6.03 Å². The molecule has 23 heavy (non-hydrogen) atoms. The number of benzene rings is 2. The zero-order chi connectivity index (χ0) is 16.3. The summed E-state index contributed by atoms with van der Waals surface area (Å²) in [5.74, 6) is 0.813. The molecule has 4 nitrogen and oxygen atoms in total. The average Bonchev–Trinajstić information content (AvgIpc) is 3.35. The number of amides is 2. The van der Waals surface area contributed by atoms with Crippen LogP contribution in [0.5, 0.6) is 5.75 Å². The van der Waals surface area contributed by atoms with Gasteiger partial charge in [-0.1, -0.05) is 41.9 Å². The lowest BCUT2D eigenvalue weighted by atomic mass is 10.1. The number of urea groups is 1. The Labute approximate surface area is 140 Å². The van der Waals surface area contributed by atoms with Crippen molar-refractivity contribution in [3.8, 4) is 5.75 Å². The molecule has 0 aromatic heterocycles. The van der Waals surface area contributed by atoms with E-state index in [-0.39, 0.29) is 11.6 Å². The third-order valence-corrected chi connectivity index (χ3v) is 4.51. The number of rotatable bonds is 5. The number of hydrogen-bond donors (Lipinski definition) is 2. The van der Waals surface area contributed by atoms with Gasteiger partial charge in [0.15, 0.2) is 0 Å². The number of methoxy groups -OCH3 is 1. The van der Waals surface area contributed by atoms with E-state index in [1.165, 1.54) is 0 Å². The molecule has 120 valence electrons. The summed E-state index contributed by atoms with van der Waals surface area (Å²) in [5.41, 5.74) is 1.75. The zero-order valence-corrected chi connectivity index (χ0v) is 13.7. The molecule has 0 heterocycles. The molecule has 2 N–H and O–H groups in total. The van der Waals surface area contributed by atoms with E-state index in [1.807, 2.05) is 48.5 Å². The van der Waals surface area contributed by atoms with Crippen LogP contribution in [0.3, 0.4) is 0 Å². The molecule has 2 aromatic rings. The van der Waals surface area contributed by atoms with Crippen molar-refractivity contribution in [2.45, 2.75) is 24.9 Å². The van der Waals surface area contributed by atoms with Crippen molar-refractivity contribution >= 4 is 17.6 Å². The van der Waals surface area contributed by atoms with Gasteiger partial charge in [0.05, 0.1) is 12.6 Å². The van der Waals surface area contributed by atoms with E-state index in [4.69, 9.17) is 16.3 Å². The van der Waals surface area contributed by atoms with Gasteiger partial charge in [0.2, 0.25) is 0 Å².